The smallest absolute Gasteiger partial charge is 0.257 e. The second-order valence-corrected chi connectivity index (χ2v) is 8.39. The first-order valence-corrected chi connectivity index (χ1v) is 10.8. The van der Waals surface area contributed by atoms with Gasteiger partial charge < -0.3 is 5.32 Å². The molecule has 4 aromatic rings. The number of nitrogens with zero attached hydrogens (tertiary/aromatic N) is 4. The van der Waals surface area contributed by atoms with Crippen LogP contribution in [0.2, 0.25) is 0 Å². The zero-order valence-electron chi connectivity index (χ0n) is 16.5. The maximum absolute atomic E-state index is 13.3. The number of hydrogen-bond donors (Lipinski definition) is 1. The van der Waals surface area contributed by atoms with E-state index in [4.69, 9.17) is 4.98 Å². The van der Waals surface area contributed by atoms with Gasteiger partial charge in [0, 0.05) is 28.6 Å². The molecule has 0 spiro atoms. The number of carbonyl (C=O) groups excluding carboxylic acids is 1. The molecule has 30 heavy (non-hydrogen) atoms. The molecule has 0 radical (unpaired) electrons. The Kier molecular flexibility index (Phi) is 4.57. The summed E-state index contributed by atoms with van der Waals surface area (Å²) in [6, 6.07) is 11.7. The van der Waals surface area contributed by atoms with E-state index in [2.05, 4.69) is 16.5 Å². The number of amides is 1. The molecule has 0 atom stereocenters. The fraction of sp³-hybridized carbons (Fsp3) is 0.217. The summed E-state index contributed by atoms with van der Waals surface area (Å²) in [6.07, 6.45) is 6.66. The minimum absolute atomic E-state index is 0.228. The van der Waals surface area contributed by atoms with Crippen molar-refractivity contribution in [2.75, 3.05) is 5.32 Å². The summed E-state index contributed by atoms with van der Waals surface area (Å²) in [6.45, 7) is 2.79. The van der Waals surface area contributed by atoms with Gasteiger partial charge >= 0.3 is 0 Å². The highest BCUT2D eigenvalue weighted by Gasteiger charge is 2.24. The van der Waals surface area contributed by atoms with E-state index in [0.29, 0.717) is 21.8 Å². The third kappa shape index (κ3) is 3.06. The lowest BCUT2D eigenvalue weighted by atomic mass is 10.0. The minimum atomic E-state index is -0.228. The van der Waals surface area contributed by atoms with E-state index >= 15 is 0 Å². The fourth-order valence-electron chi connectivity index (χ4n) is 3.96. The molecule has 6 nitrogen and oxygen atoms in total. The number of aromatic nitrogens is 3. The van der Waals surface area contributed by atoms with Crippen molar-refractivity contribution < 1.29 is 4.79 Å². The molecule has 0 fully saturated rings. The molecule has 3 heterocycles. The molecule has 0 saturated heterocycles. The number of nitriles is 1. The van der Waals surface area contributed by atoms with Gasteiger partial charge in [-0.2, -0.15) is 10.4 Å². The summed E-state index contributed by atoms with van der Waals surface area (Å²) >= 11 is 1.53. The Hall–Kier alpha value is -3.50. The number of para-hydroxylation sites is 1. The number of carbonyl (C=O) groups is 1. The molecule has 1 amide bonds. The van der Waals surface area contributed by atoms with Crippen molar-refractivity contribution in [2.24, 2.45) is 0 Å². The van der Waals surface area contributed by atoms with Crippen LogP contribution in [0.5, 0.6) is 0 Å². The average molecular weight is 414 g/mol. The first-order chi connectivity index (χ1) is 14.7. The van der Waals surface area contributed by atoms with Crippen molar-refractivity contribution in [2.45, 2.75) is 32.7 Å². The van der Waals surface area contributed by atoms with Crippen LogP contribution in [-0.2, 0) is 19.4 Å². The van der Waals surface area contributed by atoms with Gasteiger partial charge in [0.05, 0.1) is 28.5 Å². The van der Waals surface area contributed by atoms with Crippen molar-refractivity contribution in [1.29, 1.82) is 5.26 Å². The highest BCUT2D eigenvalue weighted by molar-refractivity contribution is 7.16. The van der Waals surface area contributed by atoms with Gasteiger partial charge in [0.15, 0.2) is 0 Å². The molecule has 0 unspecified atom stereocenters. The molecule has 1 aliphatic rings. The summed E-state index contributed by atoms with van der Waals surface area (Å²) in [4.78, 5) is 19.3. The Morgan fingerprint density at radius 3 is 3.00 bits per heavy atom. The molecule has 1 aliphatic carbocycles. The molecule has 0 aliphatic heterocycles. The summed E-state index contributed by atoms with van der Waals surface area (Å²) in [5, 5.41) is 18.4. The number of benzene rings is 1. The van der Waals surface area contributed by atoms with Crippen LogP contribution in [0.4, 0.5) is 5.00 Å². The van der Waals surface area contributed by atoms with Crippen molar-refractivity contribution in [3.8, 4) is 17.3 Å². The van der Waals surface area contributed by atoms with E-state index in [0.717, 1.165) is 47.8 Å². The lowest BCUT2D eigenvalue weighted by Crippen LogP contribution is -2.13. The number of pyridine rings is 1. The Labute approximate surface area is 177 Å². The first kappa shape index (κ1) is 18.5. The van der Waals surface area contributed by atoms with Gasteiger partial charge in [0.1, 0.15) is 11.1 Å². The van der Waals surface area contributed by atoms with Gasteiger partial charge in [-0.05, 0) is 43.9 Å². The number of thiophene rings is 1. The van der Waals surface area contributed by atoms with Gasteiger partial charge in [-0.25, -0.2) is 4.98 Å². The second kappa shape index (κ2) is 7.39. The summed E-state index contributed by atoms with van der Waals surface area (Å²) in [5.74, 6) is -0.228. The normalized spacial score (nSPS) is 12.7. The Bertz CT molecular complexity index is 1330. The van der Waals surface area contributed by atoms with Crippen molar-refractivity contribution >= 4 is 33.1 Å². The third-order valence-electron chi connectivity index (χ3n) is 5.47. The van der Waals surface area contributed by atoms with Gasteiger partial charge in [-0.3, -0.25) is 9.48 Å². The molecular weight excluding hydrogens is 394 g/mol. The molecule has 1 aromatic carbocycles. The van der Waals surface area contributed by atoms with Gasteiger partial charge in [0.25, 0.3) is 5.91 Å². The molecule has 0 bridgehead atoms. The molecule has 5 rings (SSSR count). The maximum atomic E-state index is 13.3. The van der Waals surface area contributed by atoms with Crippen LogP contribution in [0.25, 0.3) is 22.2 Å². The molecule has 148 valence electrons. The zero-order valence-corrected chi connectivity index (χ0v) is 17.3. The second-order valence-electron chi connectivity index (χ2n) is 7.28. The minimum Gasteiger partial charge on any atom is -0.312 e. The van der Waals surface area contributed by atoms with Crippen LogP contribution >= 0.6 is 11.3 Å². The fourth-order valence-corrected chi connectivity index (χ4v) is 5.20. The van der Waals surface area contributed by atoms with Gasteiger partial charge in [0.2, 0.25) is 0 Å². The quantitative estimate of drug-likeness (QED) is 0.521. The van der Waals surface area contributed by atoms with Gasteiger partial charge in [-0.1, -0.05) is 18.2 Å². The van der Waals surface area contributed by atoms with E-state index < -0.39 is 0 Å². The van der Waals surface area contributed by atoms with Crippen molar-refractivity contribution in [3.05, 3.63) is 64.3 Å². The lowest BCUT2D eigenvalue weighted by molar-refractivity contribution is 0.102. The largest absolute Gasteiger partial charge is 0.312 e. The van der Waals surface area contributed by atoms with Crippen LogP contribution in [0, 0.1) is 11.3 Å². The first-order valence-electron chi connectivity index (χ1n) is 9.96. The third-order valence-corrected chi connectivity index (χ3v) is 6.68. The number of aryl methyl sites for hydroxylation is 2. The summed E-state index contributed by atoms with van der Waals surface area (Å²) in [5.41, 5.74) is 4.57. The Morgan fingerprint density at radius 1 is 1.33 bits per heavy atom. The van der Waals surface area contributed by atoms with E-state index in [1.54, 1.807) is 6.20 Å². The molecule has 3 aromatic heterocycles. The van der Waals surface area contributed by atoms with E-state index in [1.165, 1.54) is 16.2 Å². The molecular formula is C23H19N5OS. The summed E-state index contributed by atoms with van der Waals surface area (Å²) < 4.78 is 1.83. The number of rotatable bonds is 4. The Balaban J connectivity index is 1.58. The van der Waals surface area contributed by atoms with E-state index in [1.807, 2.05) is 48.1 Å². The van der Waals surface area contributed by atoms with Crippen LogP contribution in [-0.4, -0.2) is 20.7 Å². The van der Waals surface area contributed by atoms with Gasteiger partial charge in [-0.15, -0.1) is 11.3 Å². The number of nitrogens with one attached hydrogen (secondary N) is 1. The topological polar surface area (TPSA) is 83.6 Å². The molecule has 0 saturated carbocycles. The predicted molar refractivity (Wildman–Crippen MR) is 118 cm³/mol. The number of fused-ring (bicyclic) bond motifs is 2. The summed E-state index contributed by atoms with van der Waals surface area (Å²) in [7, 11) is 0. The lowest BCUT2D eigenvalue weighted by Gasteiger charge is -2.09. The van der Waals surface area contributed by atoms with E-state index in [9.17, 15) is 10.1 Å². The monoisotopic (exact) mass is 413 g/mol. The Morgan fingerprint density at radius 2 is 2.20 bits per heavy atom. The number of hydrogen-bond acceptors (Lipinski definition) is 5. The average Bonchev–Trinajstić information content (AvgIpc) is 3.49. The standard InChI is InChI=1S/C23H19N5OS/c1-2-28-13-14(12-25-28)20-10-17(15-6-3-4-8-19(15)26-20)22(29)27-23-18(11-24)16-7-5-9-21(16)30-23/h3-4,6,8,10,12-13H,2,5,7,9H2,1H3,(H,27,29). The van der Waals surface area contributed by atoms with Crippen molar-refractivity contribution in [3.63, 3.8) is 0 Å². The number of anilines is 1. The highest BCUT2D eigenvalue weighted by atomic mass is 32.1. The van der Waals surface area contributed by atoms with Crippen LogP contribution < -0.4 is 5.32 Å². The SMILES string of the molecule is CCn1cc(-c2cc(C(=O)Nc3sc4c(c3C#N)CCC4)c3ccccc3n2)cn1. The van der Waals surface area contributed by atoms with Crippen molar-refractivity contribution in [1.82, 2.24) is 14.8 Å². The predicted octanol–water partition coefficient (Wildman–Crippen LogP) is 4.79. The van der Waals surface area contributed by atoms with Crippen LogP contribution in [0.1, 0.15) is 39.7 Å². The molecule has 1 N–H and O–H groups in total. The maximum Gasteiger partial charge on any atom is 0.257 e. The van der Waals surface area contributed by atoms with E-state index in [-0.39, 0.29) is 5.91 Å². The van der Waals surface area contributed by atoms with Crippen LogP contribution in [0.3, 0.4) is 0 Å². The van der Waals surface area contributed by atoms with Crippen LogP contribution in [0.15, 0.2) is 42.7 Å². The molecule has 7 heteroatoms. The zero-order chi connectivity index (χ0) is 20.7. The highest BCUT2D eigenvalue weighted by Crippen LogP contribution is 2.39.